The summed E-state index contributed by atoms with van der Waals surface area (Å²) in [5, 5.41) is 0. The van der Waals surface area contributed by atoms with E-state index in [0.29, 0.717) is 11.5 Å². The van der Waals surface area contributed by atoms with Gasteiger partial charge in [0, 0.05) is 6.04 Å². The third-order valence-electron chi connectivity index (χ3n) is 3.61. The monoisotopic (exact) mass is 197 g/mol. The molecule has 0 saturated heterocycles. The van der Waals surface area contributed by atoms with Gasteiger partial charge in [-0.1, -0.05) is 46.0 Å². The van der Waals surface area contributed by atoms with E-state index in [1.165, 1.54) is 57.8 Å². The molecule has 0 bridgehead atoms. The number of hydrogen-bond acceptors (Lipinski definition) is 1. The Morgan fingerprint density at radius 3 is 2.00 bits per heavy atom. The van der Waals surface area contributed by atoms with Crippen LogP contribution in [-0.2, 0) is 0 Å². The van der Waals surface area contributed by atoms with Gasteiger partial charge in [-0.3, -0.25) is 0 Å². The quantitative estimate of drug-likeness (QED) is 0.627. The van der Waals surface area contributed by atoms with E-state index in [4.69, 9.17) is 5.73 Å². The average Bonchev–Trinajstić information content (AvgIpc) is 2.13. The van der Waals surface area contributed by atoms with Gasteiger partial charge in [-0.2, -0.15) is 0 Å². The Balaban J connectivity index is 2.34. The molecular weight excluding hydrogens is 170 g/mol. The molecule has 2 N–H and O–H groups in total. The first-order chi connectivity index (χ1) is 6.60. The Labute approximate surface area is 89.5 Å². The number of nitrogens with two attached hydrogens (primary N) is 1. The van der Waals surface area contributed by atoms with Crippen LogP contribution in [0.2, 0.25) is 0 Å². The molecule has 1 atom stereocenters. The minimum atomic E-state index is 0.483. The van der Waals surface area contributed by atoms with Gasteiger partial charge in [0.25, 0.3) is 0 Å². The molecule has 1 rings (SSSR count). The standard InChI is InChI=1S/C13H27N/c1-13(2)10-6-3-4-8-12(14)9-5-7-11-13/h12H,3-11,14H2,1-2H3. The highest BCUT2D eigenvalue weighted by atomic mass is 14.6. The summed E-state index contributed by atoms with van der Waals surface area (Å²) in [6, 6.07) is 0.483. The maximum atomic E-state index is 6.04. The predicted octanol–water partition coefficient (Wildman–Crippen LogP) is 3.86. The van der Waals surface area contributed by atoms with E-state index in [1.54, 1.807) is 0 Å². The Morgan fingerprint density at radius 1 is 0.857 bits per heavy atom. The van der Waals surface area contributed by atoms with Crippen molar-refractivity contribution in [2.75, 3.05) is 0 Å². The van der Waals surface area contributed by atoms with Gasteiger partial charge >= 0.3 is 0 Å². The van der Waals surface area contributed by atoms with Gasteiger partial charge in [-0.05, 0) is 31.1 Å². The Kier molecular flexibility index (Phi) is 4.94. The lowest BCUT2D eigenvalue weighted by Crippen LogP contribution is -2.19. The number of rotatable bonds is 0. The maximum Gasteiger partial charge on any atom is 0.00388 e. The second-order valence-electron chi connectivity index (χ2n) is 5.77. The first-order valence-electron chi connectivity index (χ1n) is 6.36. The lowest BCUT2D eigenvalue weighted by molar-refractivity contribution is 0.286. The van der Waals surface area contributed by atoms with Crippen molar-refractivity contribution in [1.82, 2.24) is 0 Å². The van der Waals surface area contributed by atoms with E-state index in [0.717, 1.165) is 0 Å². The van der Waals surface area contributed by atoms with Crippen molar-refractivity contribution < 1.29 is 0 Å². The molecule has 1 aliphatic carbocycles. The molecule has 0 amide bonds. The molecule has 1 saturated carbocycles. The molecule has 14 heavy (non-hydrogen) atoms. The highest BCUT2D eigenvalue weighted by Crippen LogP contribution is 2.31. The molecule has 0 aromatic rings. The van der Waals surface area contributed by atoms with E-state index < -0.39 is 0 Å². The van der Waals surface area contributed by atoms with Gasteiger partial charge in [0.1, 0.15) is 0 Å². The molecule has 1 aliphatic rings. The van der Waals surface area contributed by atoms with Crippen molar-refractivity contribution in [2.45, 2.75) is 77.7 Å². The summed E-state index contributed by atoms with van der Waals surface area (Å²) in [5.41, 5.74) is 6.62. The smallest absolute Gasteiger partial charge is 0.00388 e. The lowest BCUT2D eigenvalue weighted by Gasteiger charge is -2.24. The van der Waals surface area contributed by atoms with Crippen LogP contribution in [0.15, 0.2) is 0 Å². The molecule has 1 nitrogen and oxygen atoms in total. The van der Waals surface area contributed by atoms with Crippen LogP contribution in [0, 0.1) is 5.41 Å². The van der Waals surface area contributed by atoms with Crippen LogP contribution >= 0.6 is 0 Å². The third-order valence-corrected chi connectivity index (χ3v) is 3.61. The molecular formula is C13H27N. The summed E-state index contributed by atoms with van der Waals surface area (Å²) in [6.45, 7) is 4.84. The zero-order valence-corrected chi connectivity index (χ0v) is 10.0. The van der Waals surface area contributed by atoms with Gasteiger partial charge in [0.2, 0.25) is 0 Å². The molecule has 1 unspecified atom stereocenters. The van der Waals surface area contributed by atoms with Gasteiger partial charge in [-0.25, -0.2) is 0 Å². The van der Waals surface area contributed by atoms with Crippen LogP contribution in [0.25, 0.3) is 0 Å². The molecule has 0 aromatic heterocycles. The SMILES string of the molecule is CC1(C)CCCCCC(N)CCCC1. The summed E-state index contributed by atoms with van der Waals surface area (Å²) in [5.74, 6) is 0. The fourth-order valence-corrected chi connectivity index (χ4v) is 2.47. The molecule has 0 heterocycles. The van der Waals surface area contributed by atoms with Crippen molar-refractivity contribution in [3.63, 3.8) is 0 Å². The van der Waals surface area contributed by atoms with Crippen molar-refractivity contribution >= 4 is 0 Å². The largest absolute Gasteiger partial charge is 0.328 e. The van der Waals surface area contributed by atoms with E-state index in [9.17, 15) is 0 Å². The molecule has 0 aromatic carbocycles. The van der Waals surface area contributed by atoms with Gasteiger partial charge in [0.15, 0.2) is 0 Å². The molecule has 0 radical (unpaired) electrons. The van der Waals surface area contributed by atoms with Crippen LogP contribution in [0.5, 0.6) is 0 Å². The number of hydrogen-bond donors (Lipinski definition) is 1. The third kappa shape index (κ3) is 4.99. The second-order valence-corrected chi connectivity index (χ2v) is 5.77. The van der Waals surface area contributed by atoms with Crippen LogP contribution in [0.4, 0.5) is 0 Å². The zero-order chi connectivity index (χ0) is 10.4. The van der Waals surface area contributed by atoms with Crippen molar-refractivity contribution in [3.8, 4) is 0 Å². The summed E-state index contributed by atoms with van der Waals surface area (Å²) in [4.78, 5) is 0. The maximum absolute atomic E-state index is 6.04. The Morgan fingerprint density at radius 2 is 1.36 bits per heavy atom. The average molecular weight is 197 g/mol. The summed E-state index contributed by atoms with van der Waals surface area (Å²) in [6.07, 6.45) is 12.1. The topological polar surface area (TPSA) is 26.0 Å². The predicted molar refractivity (Wildman–Crippen MR) is 63.3 cm³/mol. The normalized spacial score (nSPS) is 30.6. The lowest BCUT2D eigenvalue weighted by atomic mass is 9.82. The molecule has 1 heteroatoms. The minimum Gasteiger partial charge on any atom is -0.328 e. The fourth-order valence-electron chi connectivity index (χ4n) is 2.47. The van der Waals surface area contributed by atoms with Crippen LogP contribution < -0.4 is 5.73 Å². The zero-order valence-electron chi connectivity index (χ0n) is 10.0. The van der Waals surface area contributed by atoms with E-state index >= 15 is 0 Å². The molecule has 0 aliphatic heterocycles. The minimum absolute atomic E-state index is 0.483. The van der Waals surface area contributed by atoms with Crippen LogP contribution in [0.3, 0.4) is 0 Å². The second kappa shape index (κ2) is 5.75. The molecule has 0 spiro atoms. The summed E-state index contributed by atoms with van der Waals surface area (Å²) >= 11 is 0. The van der Waals surface area contributed by atoms with Crippen LogP contribution in [0.1, 0.15) is 71.6 Å². The highest BCUT2D eigenvalue weighted by molar-refractivity contribution is 4.71. The first kappa shape index (κ1) is 12.0. The van der Waals surface area contributed by atoms with Crippen molar-refractivity contribution in [3.05, 3.63) is 0 Å². The Bertz CT molecular complexity index is 151. The van der Waals surface area contributed by atoms with E-state index in [1.807, 2.05) is 0 Å². The van der Waals surface area contributed by atoms with Crippen LogP contribution in [-0.4, -0.2) is 6.04 Å². The van der Waals surface area contributed by atoms with Gasteiger partial charge in [0.05, 0.1) is 0 Å². The van der Waals surface area contributed by atoms with Gasteiger partial charge < -0.3 is 5.73 Å². The Hall–Kier alpha value is -0.0400. The van der Waals surface area contributed by atoms with Crippen molar-refractivity contribution in [2.24, 2.45) is 11.1 Å². The van der Waals surface area contributed by atoms with E-state index in [2.05, 4.69) is 13.8 Å². The fraction of sp³-hybridized carbons (Fsp3) is 1.00. The van der Waals surface area contributed by atoms with E-state index in [-0.39, 0.29) is 0 Å². The summed E-state index contributed by atoms with van der Waals surface area (Å²) < 4.78 is 0. The van der Waals surface area contributed by atoms with Gasteiger partial charge in [-0.15, -0.1) is 0 Å². The molecule has 84 valence electrons. The summed E-state index contributed by atoms with van der Waals surface area (Å²) in [7, 11) is 0. The highest BCUT2D eigenvalue weighted by Gasteiger charge is 2.17. The first-order valence-corrected chi connectivity index (χ1v) is 6.36. The van der Waals surface area contributed by atoms with Crippen molar-refractivity contribution in [1.29, 1.82) is 0 Å². The molecule has 1 fully saturated rings.